The number of amides is 4. The van der Waals surface area contributed by atoms with E-state index in [4.69, 9.17) is 48.9 Å². The first kappa shape index (κ1) is 113. The van der Waals surface area contributed by atoms with Crippen molar-refractivity contribution in [1.29, 1.82) is 0 Å². The highest BCUT2D eigenvalue weighted by Gasteiger charge is 2.42. The van der Waals surface area contributed by atoms with Gasteiger partial charge in [-0.25, -0.2) is 29.7 Å². The molecule has 9 N–H and O–H groups in total. The Labute approximate surface area is 844 Å². The van der Waals surface area contributed by atoms with E-state index in [9.17, 15) is 68.9 Å². The second-order valence-electron chi connectivity index (χ2n) is 37.5. The number of aliphatic hydroxyl groups excluding tert-OH is 2. The number of phenols is 1. The summed E-state index contributed by atoms with van der Waals surface area (Å²) in [6.45, 7) is 34.9. The number of phenolic OH excluding ortho intramolecular Hbond substituents is 1. The van der Waals surface area contributed by atoms with E-state index in [1.165, 1.54) is 42.5 Å². The molecule has 23 nitrogen and oxygen atoms in total. The number of hydrogen-bond donors (Lipinski definition) is 8. The van der Waals surface area contributed by atoms with Crippen LogP contribution in [0, 0.1) is 11.8 Å². The minimum atomic E-state index is -4.93. The summed E-state index contributed by atoms with van der Waals surface area (Å²) < 4.78 is 145. The number of nitrogens with two attached hydrogens (primary N) is 1. The molecule has 10 aromatic carbocycles. The maximum atomic E-state index is 12.3. The lowest BCUT2D eigenvalue weighted by Gasteiger charge is -2.38. The fourth-order valence-electron chi connectivity index (χ4n) is 13.4. The number of benzene rings is 10. The van der Waals surface area contributed by atoms with Crippen molar-refractivity contribution in [3.05, 3.63) is 273 Å². The van der Waals surface area contributed by atoms with E-state index < -0.39 is 62.4 Å². The van der Waals surface area contributed by atoms with Gasteiger partial charge in [0.15, 0.2) is 8.32 Å². The number of pyridine rings is 5. The molecule has 4 atom stereocenters. The van der Waals surface area contributed by atoms with Gasteiger partial charge < -0.3 is 65.1 Å². The lowest BCUT2D eigenvalue weighted by Crippen LogP contribution is -2.44. The summed E-state index contributed by atoms with van der Waals surface area (Å²) in [6, 6.07) is 80.1. The van der Waals surface area contributed by atoms with Crippen LogP contribution in [0.1, 0.15) is 123 Å². The Morgan fingerprint density at radius 1 is 0.370 bits per heavy atom. The van der Waals surface area contributed by atoms with E-state index in [1.54, 1.807) is 89.5 Å². The van der Waals surface area contributed by atoms with E-state index in [0.29, 0.717) is 70.0 Å². The van der Waals surface area contributed by atoms with Crippen molar-refractivity contribution in [2.75, 3.05) is 53.4 Å². The molecule has 15 rings (SSSR count). The van der Waals surface area contributed by atoms with Gasteiger partial charge in [-0.2, -0.15) is 39.5 Å². The molecule has 0 aliphatic heterocycles. The zero-order valence-corrected chi connectivity index (χ0v) is 85.2. The summed E-state index contributed by atoms with van der Waals surface area (Å²) in [6.07, 6.45) is -11.9. The van der Waals surface area contributed by atoms with E-state index >= 15 is 0 Å². The Balaban J connectivity index is 0.000000182. The second kappa shape index (κ2) is 51.1. The van der Waals surface area contributed by atoms with E-state index in [0.717, 1.165) is 126 Å². The van der Waals surface area contributed by atoms with Crippen molar-refractivity contribution in [1.82, 2.24) is 24.9 Å². The number of carbonyl (C=O) groups is 4. The molecule has 0 saturated heterocycles. The lowest BCUT2D eigenvalue weighted by atomic mass is 10.1. The maximum absolute atomic E-state index is 12.3. The Hall–Kier alpha value is -14.8. The van der Waals surface area contributed by atoms with Gasteiger partial charge in [-0.05, 0) is 259 Å². The van der Waals surface area contributed by atoms with E-state index in [2.05, 4.69) is 94.0 Å². The molecule has 0 fully saturated rings. The standard InChI is InChI=1S/C23H26N2O3.C22H21F3N2O2.C21H19F3N2O3.C20H22N2O.C17H11F3N2O2.C10H24O2Si/c1-15(2)27-19-11-13-21-17(14-19)8-12-20(25-21)16-6-9-18(10-7-16)24-22(26)28-23(3,4)5;1-3-14(2)13-29-18-9-11-20-16(12-18)6-10-19(27-20)15-4-7-17(8-5-15)26-21(28)22(23,24)25;1-2-16(27)12-29-17-8-10-19-14(11-17)5-9-18(26-19)13-3-6-15(7-4-13)25-20(28)21(22,23)24;1-3-14(2)13-23-18-9-11-20-16(12-18)6-10-19(22-20)15-4-7-17(21)8-5-15;18-17(19,20)16(24)21-12-4-1-10(2-5-12)14-7-3-11-9-13(23)6-8-15(11)22-14;1-7-9(8-11)12-13(5,6)10(2,3)4/h6-15H,1-5H3,(H,24,26);4-12,14H,3,13H2,1-2H3,(H,26,28);3-11,16,27H,2,12H2,1H3,(H,25,28);4-12,14H,3,13,21H2,1-2H3;1-9,23H,(H,21,24);9,11H,7-8H2,1-6H3. The number of fused-ring (bicyclic) bond motifs is 5. The summed E-state index contributed by atoms with van der Waals surface area (Å²) in [5.74, 6) is -1.68. The van der Waals surface area contributed by atoms with Gasteiger partial charge in [-0.15, -0.1) is 0 Å². The van der Waals surface area contributed by atoms with Gasteiger partial charge >= 0.3 is 42.3 Å². The van der Waals surface area contributed by atoms with Crippen molar-refractivity contribution in [3.63, 3.8) is 0 Å². The van der Waals surface area contributed by atoms with Gasteiger partial charge in [0.2, 0.25) is 0 Å². The van der Waals surface area contributed by atoms with Gasteiger partial charge in [0.25, 0.3) is 0 Å². The molecule has 4 unspecified atom stereocenters. The van der Waals surface area contributed by atoms with E-state index in [-0.39, 0.29) is 53.3 Å². The van der Waals surface area contributed by atoms with Gasteiger partial charge in [-0.1, -0.05) is 166 Å². The summed E-state index contributed by atoms with van der Waals surface area (Å²) in [4.78, 5) is 67.8. The number of hydrogen-bond acceptors (Lipinski definition) is 19. The van der Waals surface area contributed by atoms with Crippen molar-refractivity contribution < 1.29 is 102 Å². The topological polar surface area (TPSA) is 323 Å². The molecule has 5 aromatic heterocycles. The van der Waals surface area contributed by atoms with Crippen molar-refractivity contribution in [2.24, 2.45) is 11.8 Å². The average molecular weight is 2030 g/mol. The van der Waals surface area contributed by atoms with Crippen molar-refractivity contribution in [2.45, 2.75) is 183 Å². The molecule has 0 aliphatic rings. The second-order valence-corrected chi connectivity index (χ2v) is 42.2. The minimum Gasteiger partial charge on any atom is -0.508 e. The third-order valence-corrected chi connectivity index (χ3v) is 27.6. The fraction of sp³-hybridized carbons (Fsp3) is 0.301. The van der Waals surface area contributed by atoms with Gasteiger partial charge in [0.1, 0.15) is 41.0 Å². The molecule has 0 saturated carbocycles. The number of nitrogen functional groups attached to an aromatic ring is 1. The number of aromatic nitrogens is 5. The number of halogens is 9. The number of alkyl halides is 9. The molecule has 5 heterocycles. The molecule has 0 radical (unpaired) electrons. The molecular weight excluding hydrogens is 1900 g/mol. The van der Waals surface area contributed by atoms with Crippen LogP contribution < -0.4 is 45.9 Å². The summed E-state index contributed by atoms with van der Waals surface area (Å²) in [5.41, 5.74) is 18.8. The largest absolute Gasteiger partial charge is 0.508 e. The van der Waals surface area contributed by atoms with Crippen LogP contribution >= 0.6 is 0 Å². The SMILES string of the molecule is CC(C)Oc1ccc2nc(-c3ccc(NC(=O)OC(C)(C)C)cc3)ccc2c1.CCC(C)COc1ccc2nc(-c3ccc(N)cc3)ccc2c1.CCC(C)COc1ccc2nc(-c3ccc(NC(=O)C(F)(F)F)cc3)ccc2c1.CCC(CO)O[Si](C)(C)C(C)(C)C.CCC(O)COc1ccc2nc(-c3ccc(NC(=O)C(F)(F)F)cc3)ccc2c1.O=C(Nc1ccc(-c2ccc3cc(O)ccc3n2)cc1)C(F)(F)F. The number of carbonyl (C=O) groups excluding carboxylic acids is 4. The minimum absolute atomic E-state index is 0.0286. The van der Waals surface area contributed by atoms with Crippen LogP contribution in [0.3, 0.4) is 0 Å². The highest BCUT2D eigenvalue weighted by molar-refractivity contribution is 6.74. The molecule has 0 bridgehead atoms. The summed E-state index contributed by atoms with van der Waals surface area (Å²) in [7, 11) is -1.67. The summed E-state index contributed by atoms with van der Waals surface area (Å²) >= 11 is 0. The van der Waals surface area contributed by atoms with Crippen LogP contribution in [-0.4, -0.2) is 141 Å². The number of anilines is 5. The van der Waals surface area contributed by atoms with Crippen LogP contribution in [-0.2, 0) is 23.5 Å². The third kappa shape index (κ3) is 34.7. The highest BCUT2D eigenvalue weighted by atomic mass is 28.4. The Kier molecular flexibility index (Phi) is 39.6. The number of rotatable bonds is 27. The predicted molar refractivity (Wildman–Crippen MR) is 563 cm³/mol. The third-order valence-electron chi connectivity index (χ3n) is 23.1. The number of nitrogens with one attached hydrogen (secondary N) is 4. The van der Waals surface area contributed by atoms with Crippen LogP contribution in [0.25, 0.3) is 111 Å². The maximum Gasteiger partial charge on any atom is 0.471 e. The smallest absolute Gasteiger partial charge is 0.471 e. The molecule has 146 heavy (non-hydrogen) atoms. The molecule has 33 heteroatoms. The van der Waals surface area contributed by atoms with Crippen molar-refractivity contribution in [3.8, 4) is 85.0 Å². The first-order chi connectivity index (χ1) is 68.9. The number of aliphatic hydroxyl groups is 2. The predicted octanol–water partition coefficient (Wildman–Crippen LogP) is 28.2. The zero-order valence-electron chi connectivity index (χ0n) is 84.2. The van der Waals surface area contributed by atoms with Crippen LogP contribution in [0.15, 0.2) is 273 Å². The Bertz CT molecular complexity index is 6710. The summed E-state index contributed by atoms with van der Waals surface area (Å²) in [5, 5.41) is 41.1. The Morgan fingerprint density at radius 2 is 0.658 bits per heavy atom. The molecular formula is C113H123F9N10O13Si. The van der Waals surface area contributed by atoms with Gasteiger partial charge in [0.05, 0.1) is 94.2 Å². The lowest BCUT2D eigenvalue weighted by molar-refractivity contribution is -0.167. The van der Waals surface area contributed by atoms with Crippen LogP contribution in [0.5, 0.6) is 28.7 Å². The molecule has 770 valence electrons. The highest BCUT2D eigenvalue weighted by Crippen LogP contribution is 2.39. The normalized spacial score (nSPS) is 12.4. The van der Waals surface area contributed by atoms with E-state index in [1.807, 2.05) is 193 Å². The molecule has 15 aromatic rings. The zero-order chi connectivity index (χ0) is 107. The fourth-order valence-corrected chi connectivity index (χ4v) is 14.8. The average Bonchev–Trinajstić information content (AvgIpc) is 0.820. The number of aromatic hydroxyl groups is 1. The van der Waals surface area contributed by atoms with Gasteiger partial charge in [-0.3, -0.25) is 19.7 Å². The number of nitrogens with zero attached hydrogens (tertiary/aromatic N) is 5. The van der Waals surface area contributed by atoms with Crippen LogP contribution in [0.4, 0.5) is 72.7 Å². The first-order valence-corrected chi connectivity index (χ1v) is 50.5. The van der Waals surface area contributed by atoms with Gasteiger partial charge in [0, 0.05) is 83.2 Å². The van der Waals surface area contributed by atoms with Crippen molar-refractivity contribution >= 4 is 115 Å². The quantitative estimate of drug-likeness (QED) is 0.0135. The van der Waals surface area contributed by atoms with Crippen LogP contribution in [0.2, 0.25) is 18.1 Å². The molecule has 0 spiro atoms. The first-order valence-electron chi connectivity index (χ1n) is 47.6. The number of ether oxygens (including phenoxy) is 5. The molecule has 0 aliphatic carbocycles. The monoisotopic (exact) mass is 2030 g/mol. The molecule has 4 amide bonds. The Morgan fingerprint density at radius 3 is 0.938 bits per heavy atom.